The van der Waals surface area contributed by atoms with Crippen LogP contribution in [-0.2, 0) is 18.7 Å². The molecule has 152 valence electrons. The number of halogens is 1. The number of thioether (sulfide) groups is 1. The van der Waals surface area contributed by atoms with E-state index in [-0.39, 0.29) is 5.82 Å². The van der Waals surface area contributed by atoms with E-state index in [0.29, 0.717) is 11.3 Å². The fourth-order valence-electron chi connectivity index (χ4n) is 3.19. The number of hydrogen-bond donors (Lipinski definition) is 0. The number of aryl methyl sites for hydroxylation is 1. The number of methoxy groups -OCH3 is 1. The Hall–Kier alpha value is -3.12. The summed E-state index contributed by atoms with van der Waals surface area (Å²) in [7, 11) is 1.65. The summed E-state index contributed by atoms with van der Waals surface area (Å²) in [6.45, 7) is 0.734. The summed E-state index contributed by atoms with van der Waals surface area (Å²) < 4.78 is 21.4. The Labute approximate surface area is 179 Å². The maximum atomic E-state index is 14.0. The largest absolute Gasteiger partial charge is 0.497 e. The fraction of sp³-hybridized carbons (Fsp3) is 0.167. The number of ether oxygens (including phenoxy) is 1. The lowest BCUT2D eigenvalue weighted by atomic mass is 10.1. The summed E-state index contributed by atoms with van der Waals surface area (Å²) in [5.41, 5.74) is 2.87. The molecule has 3 aromatic carbocycles. The molecule has 0 atom stereocenters. The van der Waals surface area contributed by atoms with Gasteiger partial charge in [0.25, 0.3) is 0 Å². The molecule has 0 radical (unpaired) electrons. The van der Waals surface area contributed by atoms with E-state index in [1.54, 1.807) is 19.2 Å². The van der Waals surface area contributed by atoms with Crippen molar-refractivity contribution >= 4 is 11.8 Å². The highest BCUT2D eigenvalue weighted by Gasteiger charge is 2.15. The summed E-state index contributed by atoms with van der Waals surface area (Å²) in [4.78, 5) is 0. The molecule has 4 nitrogen and oxygen atoms in total. The average molecular weight is 420 g/mol. The summed E-state index contributed by atoms with van der Waals surface area (Å²) in [5.74, 6) is 1.89. The number of aromatic nitrogens is 3. The normalized spacial score (nSPS) is 10.9. The Morgan fingerprint density at radius 2 is 1.63 bits per heavy atom. The Kier molecular flexibility index (Phi) is 6.44. The molecular weight excluding hydrogens is 397 g/mol. The Bertz CT molecular complexity index is 1100. The van der Waals surface area contributed by atoms with Gasteiger partial charge in [-0.25, -0.2) is 4.39 Å². The molecule has 30 heavy (non-hydrogen) atoms. The van der Waals surface area contributed by atoms with Gasteiger partial charge in [-0.1, -0.05) is 60.3 Å². The second-order valence-electron chi connectivity index (χ2n) is 6.80. The Balaban J connectivity index is 1.61. The van der Waals surface area contributed by atoms with Gasteiger partial charge in [0, 0.05) is 17.9 Å². The molecule has 0 fully saturated rings. The first-order chi connectivity index (χ1) is 14.7. The summed E-state index contributed by atoms with van der Waals surface area (Å²) in [6.07, 6.45) is 0.856. The minimum absolute atomic E-state index is 0.198. The van der Waals surface area contributed by atoms with Gasteiger partial charge in [-0.15, -0.1) is 10.2 Å². The van der Waals surface area contributed by atoms with Crippen LogP contribution < -0.4 is 4.74 Å². The van der Waals surface area contributed by atoms with E-state index < -0.39 is 0 Å². The van der Waals surface area contributed by atoms with Gasteiger partial charge >= 0.3 is 0 Å². The van der Waals surface area contributed by atoms with Gasteiger partial charge in [0.05, 0.1) is 7.11 Å². The Morgan fingerprint density at radius 3 is 2.37 bits per heavy atom. The van der Waals surface area contributed by atoms with Crippen molar-refractivity contribution in [3.63, 3.8) is 0 Å². The summed E-state index contributed by atoms with van der Waals surface area (Å²) >= 11 is 1.50. The molecular formula is C24H22FN3OS. The zero-order valence-corrected chi connectivity index (χ0v) is 17.5. The molecule has 0 bridgehead atoms. The van der Waals surface area contributed by atoms with E-state index in [0.717, 1.165) is 35.3 Å². The van der Waals surface area contributed by atoms with Crippen molar-refractivity contribution in [2.75, 3.05) is 7.11 Å². The van der Waals surface area contributed by atoms with Gasteiger partial charge in [0.2, 0.25) is 0 Å². The standard InChI is InChI=1S/C24H22FN3OS/c1-29-21-13-11-19(12-14-21)23-26-27-24(30-17-20-9-5-6-10-22(20)25)28(23)16-15-18-7-3-2-4-8-18/h2-14H,15-17H2,1H3. The Morgan fingerprint density at radius 1 is 0.900 bits per heavy atom. The molecule has 4 rings (SSSR count). The second kappa shape index (κ2) is 9.59. The number of rotatable bonds is 8. The molecule has 0 aliphatic heterocycles. The highest BCUT2D eigenvalue weighted by Crippen LogP contribution is 2.28. The summed E-state index contributed by atoms with van der Waals surface area (Å²) in [6, 6.07) is 25.0. The monoisotopic (exact) mass is 419 g/mol. The molecule has 0 aliphatic rings. The van der Waals surface area contributed by atoms with Crippen molar-refractivity contribution in [3.8, 4) is 17.1 Å². The molecule has 6 heteroatoms. The molecule has 1 aromatic heterocycles. The fourth-order valence-corrected chi connectivity index (χ4v) is 4.14. The molecule has 0 spiro atoms. The van der Waals surface area contributed by atoms with Crippen LogP contribution in [0.1, 0.15) is 11.1 Å². The molecule has 1 heterocycles. The smallest absolute Gasteiger partial charge is 0.191 e. The highest BCUT2D eigenvalue weighted by molar-refractivity contribution is 7.98. The van der Waals surface area contributed by atoms with Crippen LogP contribution in [0.3, 0.4) is 0 Å². The van der Waals surface area contributed by atoms with Gasteiger partial charge in [-0.3, -0.25) is 0 Å². The van der Waals surface area contributed by atoms with Crippen LogP contribution in [0.5, 0.6) is 5.75 Å². The molecule has 0 aliphatic carbocycles. The first-order valence-electron chi connectivity index (χ1n) is 9.72. The van der Waals surface area contributed by atoms with E-state index in [2.05, 4.69) is 26.9 Å². The van der Waals surface area contributed by atoms with Crippen LogP contribution in [0.15, 0.2) is 84.0 Å². The van der Waals surface area contributed by atoms with Crippen molar-refractivity contribution in [2.45, 2.75) is 23.9 Å². The summed E-state index contributed by atoms with van der Waals surface area (Å²) in [5, 5.41) is 9.64. The van der Waals surface area contributed by atoms with Crippen molar-refractivity contribution in [1.82, 2.24) is 14.8 Å². The predicted molar refractivity (Wildman–Crippen MR) is 118 cm³/mol. The quantitative estimate of drug-likeness (QED) is 0.347. The number of nitrogens with zero attached hydrogens (tertiary/aromatic N) is 3. The van der Waals surface area contributed by atoms with Crippen molar-refractivity contribution in [2.24, 2.45) is 0 Å². The first kappa shape index (κ1) is 20.2. The zero-order chi connectivity index (χ0) is 20.8. The van der Waals surface area contributed by atoms with Crippen molar-refractivity contribution < 1.29 is 9.13 Å². The molecule has 4 aromatic rings. The third-order valence-corrected chi connectivity index (χ3v) is 5.86. The van der Waals surface area contributed by atoms with E-state index in [4.69, 9.17) is 4.74 Å². The van der Waals surface area contributed by atoms with Gasteiger partial charge in [-0.05, 0) is 47.9 Å². The van der Waals surface area contributed by atoms with Gasteiger partial charge < -0.3 is 9.30 Å². The molecule has 0 saturated heterocycles. The SMILES string of the molecule is COc1ccc(-c2nnc(SCc3ccccc3F)n2CCc2ccccc2)cc1. The van der Waals surface area contributed by atoms with Crippen LogP contribution in [0.4, 0.5) is 4.39 Å². The van der Waals surface area contributed by atoms with Crippen molar-refractivity contribution in [3.05, 3.63) is 95.8 Å². The highest BCUT2D eigenvalue weighted by atomic mass is 32.2. The molecule has 0 N–H and O–H groups in total. The average Bonchev–Trinajstić information content (AvgIpc) is 3.20. The van der Waals surface area contributed by atoms with E-state index in [1.807, 2.05) is 48.5 Å². The van der Waals surface area contributed by atoms with Crippen LogP contribution in [0.2, 0.25) is 0 Å². The minimum Gasteiger partial charge on any atom is -0.497 e. The number of hydrogen-bond acceptors (Lipinski definition) is 4. The van der Waals surface area contributed by atoms with Crippen molar-refractivity contribution in [1.29, 1.82) is 0 Å². The lowest BCUT2D eigenvalue weighted by Crippen LogP contribution is -2.05. The lowest BCUT2D eigenvalue weighted by Gasteiger charge is -2.11. The van der Waals surface area contributed by atoms with Crippen LogP contribution in [-0.4, -0.2) is 21.9 Å². The predicted octanol–water partition coefficient (Wildman–Crippen LogP) is 5.63. The molecule has 0 amide bonds. The van der Waals surface area contributed by atoms with Crippen LogP contribution in [0, 0.1) is 5.82 Å². The lowest BCUT2D eigenvalue weighted by molar-refractivity contribution is 0.415. The van der Waals surface area contributed by atoms with E-state index >= 15 is 0 Å². The van der Waals surface area contributed by atoms with E-state index in [9.17, 15) is 4.39 Å². The molecule has 0 unspecified atom stereocenters. The third kappa shape index (κ3) is 4.71. The van der Waals surface area contributed by atoms with Crippen LogP contribution in [0.25, 0.3) is 11.4 Å². The van der Waals surface area contributed by atoms with Gasteiger partial charge in [0.1, 0.15) is 11.6 Å². The number of benzene rings is 3. The second-order valence-corrected chi connectivity index (χ2v) is 7.74. The minimum atomic E-state index is -0.198. The molecule has 0 saturated carbocycles. The van der Waals surface area contributed by atoms with Crippen LogP contribution >= 0.6 is 11.8 Å². The zero-order valence-electron chi connectivity index (χ0n) is 16.7. The first-order valence-corrected chi connectivity index (χ1v) is 10.7. The topological polar surface area (TPSA) is 39.9 Å². The third-order valence-electron chi connectivity index (χ3n) is 4.85. The van der Waals surface area contributed by atoms with E-state index in [1.165, 1.54) is 23.4 Å². The maximum Gasteiger partial charge on any atom is 0.191 e. The van der Waals surface area contributed by atoms with Gasteiger partial charge in [-0.2, -0.15) is 0 Å². The van der Waals surface area contributed by atoms with Gasteiger partial charge in [0.15, 0.2) is 11.0 Å². The maximum absolute atomic E-state index is 14.0.